The molecule has 0 aliphatic heterocycles. The van der Waals surface area contributed by atoms with E-state index >= 15 is 0 Å². The molecule has 0 aliphatic rings. The van der Waals surface area contributed by atoms with Crippen LogP contribution in [-0.4, -0.2) is 26.2 Å². The number of likely N-dealkylation sites (N-methyl/N-ethyl adjacent to an activating group) is 1. The van der Waals surface area contributed by atoms with Gasteiger partial charge in [-0.15, -0.1) is 0 Å². The molecule has 0 aromatic heterocycles. The van der Waals surface area contributed by atoms with E-state index in [4.69, 9.17) is 5.26 Å². The molecule has 98 valence electrons. The van der Waals surface area contributed by atoms with Gasteiger partial charge in [0.15, 0.2) is 0 Å². The summed E-state index contributed by atoms with van der Waals surface area (Å²) >= 11 is 0. The van der Waals surface area contributed by atoms with Gasteiger partial charge in [0.2, 0.25) is 0 Å². The summed E-state index contributed by atoms with van der Waals surface area (Å²) in [6.07, 6.45) is 1.05. The zero-order valence-corrected chi connectivity index (χ0v) is 11.8. The summed E-state index contributed by atoms with van der Waals surface area (Å²) in [6.45, 7) is 7.90. The van der Waals surface area contributed by atoms with Crippen molar-refractivity contribution in [2.24, 2.45) is 0 Å². The molecule has 3 heteroatoms. The fourth-order valence-corrected chi connectivity index (χ4v) is 2.02. The Hall–Kier alpha value is -1.53. The minimum Gasteiger partial charge on any atom is -0.372 e. The second-order valence-corrected chi connectivity index (χ2v) is 4.86. The number of hydrogen-bond acceptors (Lipinski definition) is 3. The largest absolute Gasteiger partial charge is 0.372 e. The molecular formula is C15H23N3. The molecular weight excluding hydrogens is 222 g/mol. The number of rotatable bonds is 6. The Morgan fingerprint density at radius 3 is 2.39 bits per heavy atom. The molecule has 1 unspecified atom stereocenters. The standard InChI is InChI=1S/C15H23N3/c1-5-6-17-14(10-16)11-18(4)15-8-12(2)7-13(3)9-15/h7-9,14,17H,5-6,11H2,1-4H3. The number of anilines is 1. The summed E-state index contributed by atoms with van der Waals surface area (Å²) in [5.41, 5.74) is 3.68. The number of hydrogen-bond donors (Lipinski definition) is 1. The second kappa shape index (κ2) is 7.03. The molecule has 1 aromatic carbocycles. The Morgan fingerprint density at radius 1 is 1.28 bits per heavy atom. The number of benzene rings is 1. The maximum absolute atomic E-state index is 9.12. The molecule has 0 spiro atoms. The molecule has 1 aromatic rings. The molecule has 1 N–H and O–H groups in total. The highest BCUT2D eigenvalue weighted by atomic mass is 15.1. The van der Waals surface area contributed by atoms with Crippen LogP contribution in [0.2, 0.25) is 0 Å². The van der Waals surface area contributed by atoms with Crippen molar-refractivity contribution in [2.75, 3.05) is 25.0 Å². The molecule has 0 bridgehead atoms. The first-order valence-electron chi connectivity index (χ1n) is 6.49. The maximum atomic E-state index is 9.12. The van der Waals surface area contributed by atoms with Gasteiger partial charge in [0.1, 0.15) is 6.04 Å². The van der Waals surface area contributed by atoms with E-state index in [-0.39, 0.29) is 6.04 Å². The highest BCUT2D eigenvalue weighted by Crippen LogP contribution is 2.17. The molecule has 0 amide bonds. The van der Waals surface area contributed by atoms with Crippen molar-refractivity contribution in [3.05, 3.63) is 29.3 Å². The normalized spacial score (nSPS) is 11.9. The smallest absolute Gasteiger partial charge is 0.113 e. The Balaban J connectivity index is 2.68. The van der Waals surface area contributed by atoms with Crippen LogP contribution in [-0.2, 0) is 0 Å². The van der Waals surface area contributed by atoms with E-state index in [1.54, 1.807) is 0 Å². The molecule has 1 rings (SSSR count). The quantitative estimate of drug-likeness (QED) is 0.837. The summed E-state index contributed by atoms with van der Waals surface area (Å²) in [5, 5.41) is 12.4. The zero-order chi connectivity index (χ0) is 13.5. The summed E-state index contributed by atoms with van der Waals surface area (Å²) < 4.78 is 0. The van der Waals surface area contributed by atoms with Crippen molar-refractivity contribution in [3.8, 4) is 6.07 Å². The van der Waals surface area contributed by atoms with Crippen LogP contribution in [0.1, 0.15) is 24.5 Å². The van der Waals surface area contributed by atoms with Gasteiger partial charge in [-0.25, -0.2) is 0 Å². The predicted molar refractivity (Wildman–Crippen MR) is 76.9 cm³/mol. The van der Waals surface area contributed by atoms with E-state index in [9.17, 15) is 0 Å². The van der Waals surface area contributed by atoms with E-state index in [1.165, 1.54) is 16.8 Å². The minimum atomic E-state index is -0.115. The van der Waals surface area contributed by atoms with Crippen molar-refractivity contribution in [1.82, 2.24) is 5.32 Å². The molecule has 0 saturated heterocycles. The highest BCUT2D eigenvalue weighted by molar-refractivity contribution is 5.50. The SMILES string of the molecule is CCCNC(C#N)CN(C)c1cc(C)cc(C)c1. The van der Waals surface area contributed by atoms with Crippen molar-refractivity contribution >= 4 is 5.69 Å². The average Bonchev–Trinajstić information content (AvgIpc) is 2.32. The Labute approximate surface area is 110 Å². The van der Waals surface area contributed by atoms with Gasteiger partial charge in [0.25, 0.3) is 0 Å². The first-order chi connectivity index (χ1) is 8.56. The molecule has 1 atom stereocenters. The van der Waals surface area contributed by atoms with Crippen LogP contribution < -0.4 is 10.2 Å². The fraction of sp³-hybridized carbons (Fsp3) is 0.533. The maximum Gasteiger partial charge on any atom is 0.113 e. The highest BCUT2D eigenvalue weighted by Gasteiger charge is 2.10. The number of aryl methyl sites for hydroxylation is 2. The van der Waals surface area contributed by atoms with Gasteiger partial charge in [-0.3, -0.25) is 0 Å². The van der Waals surface area contributed by atoms with Crippen LogP contribution in [0.25, 0.3) is 0 Å². The average molecular weight is 245 g/mol. The molecule has 18 heavy (non-hydrogen) atoms. The van der Waals surface area contributed by atoms with Gasteiger partial charge in [-0.05, 0) is 50.1 Å². The molecule has 0 saturated carbocycles. The summed E-state index contributed by atoms with van der Waals surface area (Å²) in [4.78, 5) is 2.14. The first-order valence-corrected chi connectivity index (χ1v) is 6.49. The Kier molecular flexibility index (Phi) is 5.67. The van der Waals surface area contributed by atoms with E-state index in [0.717, 1.165) is 13.0 Å². The molecule has 0 aliphatic carbocycles. The van der Waals surface area contributed by atoms with Crippen LogP contribution in [0.5, 0.6) is 0 Å². The van der Waals surface area contributed by atoms with Gasteiger partial charge >= 0.3 is 0 Å². The van der Waals surface area contributed by atoms with Crippen LogP contribution in [0, 0.1) is 25.2 Å². The Morgan fingerprint density at radius 2 is 1.89 bits per heavy atom. The molecule has 0 heterocycles. The number of nitriles is 1. The topological polar surface area (TPSA) is 39.1 Å². The van der Waals surface area contributed by atoms with Gasteiger partial charge in [-0.1, -0.05) is 13.0 Å². The summed E-state index contributed by atoms with van der Waals surface area (Å²) in [7, 11) is 2.03. The lowest BCUT2D eigenvalue weighted by Crippen LogP contribution is -2.39. The lowest BCUT2D eigenvalue weighted by Gasteiger charge is -2.23. The van der Waals surface area contributed by atoms with Crippen LogP contribution >= 0.6 is 0 Å². The van der Waals surface area contributed by atoms with Crippen molar-refractivity contribution < 1.29 is 0 Å². The zero-order valence-electron chi connectivity index (χ0n) is 11.8. The van der Waals surface area contributed by atoms with Crippen molar-refractivity contribution in [1.29, 1.82) is 5.26 Å². The van der Waals surface area contributed by atoms with Crippen LogP contribution in [0.15, 0.2) is 18.2 Å². The van der Waals surface area contributed by atoms with Gasteiger partial charge in [0, 0.05) is 19.3 Å². The molecule has 0 radical (unpaired) electrons. The van der Waals surface area contributed by atoms with E-state index in [2.05, 4.69) is 55.3 Å². The third kappa shape index (κ3) is 4.38. The monoisotopic (exact) mass is 245 g/mol. The van der Waals surface area contributed by atoms with Gasteiger partial charge in [0.05, 0.1) is 6.07 Å². The summed E-state index contributed by atoms with van der Waals surface area (Å²) in [5.74, 6) is 0. The number of nitrogens with one attached hydrogen (secondary N) is 1. The van der Waals surface area contributed by atoms with Crippen molar-refractivity contribution in [3.63, 3.8) is 0 Å². The summed E-state index contributed by atoms with van der Waals surface area (Å²) in [6, 6.07) is 8.67. The lowest BCUT2D eigenvalue weighted by atomic mass is 10.1. The van der Waals surface area contributed by atoms with Gasteiger partial charge < -0.3 is 10.2 Å². The Bertz CT molecular complexity index is 400. The first kappa shape index (κ1) is 14.5. The third-order valence-corrected chi connectivity index (χ3v) is 2.90. The van der Waals surface area contributed by atoms with Crippen LogP contribution in [0.4, 0.5) is 5.69 Å². The predicted octanol–water partition coefficient (Wildman–Crippen LogP) is 2.63. The number of nitrogens with zero attached hydrogens (tertiary/aromatic N) is 2. The minimum absolute atomic E-state index is 0.115. The third-order valence-electron chi connectivity index (χ3n) is 2.90. The van der Waals surface area contributed by atoms with E-state index in [0.29, 0.717) is 6.54 Å². The van der Waals surface area contributed by atoms with Crippen molar-refractivity contribution in [2.45, 2.75) is 33.2 Å². The fourth-order valence-electron chi connectivity index (χ4n) is 2.02. The van der Waals surface area contributed by atoms with E-state index < -0.39 is 0 Å². The van der Waals surface area contributed by atoms with Gasteiger partial charge in [-0.2, -0.15) is 5.26 Å². The second-order valence-electron chi connectivity index (χ2n) is 4.86. The van der Waals surface area contributed by atoms with E-state index in [1.807, 2.05) is 7.05 Å². The van der Waals surface area contributed by atoms with Crippen LogP contribution in [0.3, 0.4) is 0 Å². The molecule has 3 nitrogen and oxygen atoms in total. The molecule has 0 fully saturated rings. The lowest BCUT2D eigenvalue weighted by molar-refractivity contribution is 0.591.